The summed E-state index contributed by atoms with van der Waals surface area (Å²) in [7, 11) is -1.50. The highest BCUT2D eigenvalue weighted by Crippen LogP contribution is 2.37. The molecule has 0 heterocycles. The predicted octanol–water partition coefficient (Wildman–Crippen LogP) is 5.61. The van der Waals surface area contributed by atoms with Crippen LogP contribution in [0.4, 0.5) is 0 Å². The molecule has 2 rings (SSSR count). The SMILES string of the molecule is C[C@H]1[C@H](S)C=C(Sc2ccccc2)CC[C@H]1O[Si](C)(C)C. The van der Waals surface area contributed by atoms with Gasteiger partial charge in [0.15, 0.2) is 8.32 Å². The first-order chi connectivity index (χ1) is 9.85. The Hall–Kier alpha value is -0.163. The first-order valence-electron chi connectivity index (χ1n) is 7.64. The molecule has 0 saturated heterocycles. The van der Waals surface area contributed by atoms with Crippen LogP contribution in [0.2, 0.25) is 19.6 Å². The molecule has 4 heteroatoms. The van der Waals surface area contributed by atoms with Crippen molar-refractivity contribution in [2.24, 2.45) is 5.92 Å². The Balaban J connectivity index is 2.05. The Kier molecular flexibility index (Phi) is 6.06. The zero-order valence-electron chi connectivity index (χ0n) is 13.4. The molecule has 0 fully saturated rings. The Morgan fingerprint density at radius 2 is 1.86 bits per heavy atom. The molecular formula is C17H26OS2Si. The fourth-order valence-corrected chi connectivity index (χ4v) is 5.28. The van der Waals surface area contributed by atoms with Gasteiger partial charge in [-0.3, -0.25) is 0 Å². The maximum absolute atomic E-state index is 6.39. The van der Waals surface area contributed by atoms with E-state index < -0.39 is 8.32 Å². The second-order valence-electron chi connectivity index (χ2n) is 6.71. The van der Waals surface area contributed by atoms with Gasteiger partial charge in [0.1, 0.15) is 0 Å². The molecule has 0 spiro atoms. The van der Waals surface area contributed by atoms with Crippen LogP contribution in [0.5, 0.6) is 0 Å². The van der Waals surface area contributed by atoms with Crippen LogP contribution < -0.4 is 0 Å². The van der Waals surface area contributed by atoms with Crippen LogP contribution in [0, 0.1) is 5.92 Å². The highest BCUT2D eigenvalue weighted by Gasteiger charge is 2.30. The van der Waals surface area contributed by atoms with Gasteiger partial charge in [-0.2, -0.15) is 12.6 Å². The number of hydrogen-bond acceptors (Lipinski definition) is 3. The van der Waals surface area contributed by atoms with E-state index in [0.29, 0.717) is 12.0 Å². The Labute approximate surface area is 140 Å². The monoisotopic (exact) mass is 338 g/mol. The molecular weight excluding hydrogens is 312 g/mol. The maximum Gasteiger partial charge on any atom is 0.184 e. The minimum absolute atomic E-state index is 0.278. The topological polar surface area (TPSA) is 9.23 Å². The van der Waals surface area contributed by atoms with Crippen molar-refractivity contribution in [3.05, 3.63) is 41.3 Å². The molecule has 0 bridgehead atoms. The quantitative estimate of drug-likeness (QED) is 0.564. The van der Waals surface area contributed by atoms with E-state index in [1.54, 1.807) is 0 Å². The molecule has 0 amide bonds. The summed E-state index contributed by atoms with van der Waals surface area (Å²) in [6.07, 6.45) is 4.87. The first kappa shape index (κ1) is 17.2. The van der Waals surface area contributed by atoms with Crippen LogP contribution in [-0.2, 0) is 4.43 Å². The Morgan fingerprint density at radius 1 is 1.19 bits per heavy atom. The maximum atomic E-state index is 6.39. The van der Waals surface area contributed by atoms with Crippen LogP contribution in [0.3, 0.4) is 0 Å². The van der Waals surface area contributed by atoms with Gasteiger partial charge in [-0.15, -0.1) is 0 Å². The van der Waals surface area contributed by atoms with Crippen molar-refractivity contribution in [3.63, 3.8) is 0 Å². The third-order valence-corrected chi connectivity index (χ3v) is 6.39. The first-order valence-corrected chi connectivity index (χ1v) is 12.4. The smallest absolute Gasteiger partial charge is 0.184 e. The lowest BCUT2D eigenvalue weighted by Gasteiger charge is -2.31. The van der Waals surface area contributed by atoms with Crippen LogP contribution >= 0.6 is 24.4 Å². The van der Waals surface area contributed by atoms with Crippen LogP contribution in [-0.4, -0.2) is 19.7 Å². The number of thiol groups is 1. The number of allylic oxidation sites excluding steroid dienone is 1. The van der Waals surface area contributed by atoms with Crippen molar-refractivity contribution in [2.75, 3.05) is 0 Å². The van der Waals surface area contributed by atoms with Crippen molar-refractivity contribution < 1.29 is 4.43 Å². The van der Waals surface area contributed by atoms with Crippen LogP contribution in [0.1, 0.15) is 19.8 Å². The van der Waals surface area contributed by atoms with Crippen molar-refractivity contribution in [2.45, 2.75) is 55.7 Å². The van der Waals surface area contributed by atoms with Gasteiger partial charge in [0, 0.05) is 16.2 Å². The molecule has 116 valence electrons. The van der Waals surface area contributed by atoms with Crippen molar-refractivity contribution in [1.82, 2.24) is 0 Å². The van der Waals surface area contributed by atoms with E-state index in [1.807, 2.05) is 11.8 Å². The standard InChI is InChI=1S/C17H26OS2Si/c1-13-16(18-21(2,3)4)11-10-15(12-17(13)19)20-14-8-6-5-7-9-14/h5-9,12-13,16-17,19H,10-11H2,1-4H3/t13-,16-,17-/m1/s1. The third kappa shape index (κ3) is 5.51. The molecule has 0 saturated carbocycles. The van der Waals surface area contributed by atoms with E-state index in [9.17, 15) is 0 Å². The van der Waals surface area contributed by atoms with Crippen molar-refractivity contribution >= 4 is 32.7 Å². The normalized spacial score (nSPS) is 27.1. The molecule has 0 aromatic heterocycles. The molecule has 1 aromatic carbocycles. The number of thioether (sulfide) groups is 1. The summed E-state index contributed by atoms with van der Waals surface area (Å²) < 4.78 is 6.39. The average Bonchev–Trinajstić information content (AvgIpc) is 2.52. The van der Waals surface area contributed by atoms with Gasteiger partial charge in [0.05, 0.1) is 0 Å². The van der Waals surface area contributed by atoms with Gasteiger partial charge in [-0.1, -0.05) is 43.0 Å². The van der Waals surface area contributed by atoms with Crippen molar-refractivity contribution in [3.8, 4) is 0 Å². The van der Waals surface area contributed by atoms with E-state index in [-0.39, 0.29) is 5.25 Å². The molecule has 0 unspecified atom stereocenters. The molecule has 1 nitrogen and oxygen atoms in total. The molecule has 1 aliphatic rings. The molecule has 21 heavy (non-hydrogen) atoms. The van der Waals surface area contributed by atoms with Gasteiger partial charge in [-0.05, 0) is 55.4 Å². The Bertz CT molecular complexity index is 481. The minimum Gasteiger partial charge on any atom is -0.414 e. The number of hydrogen-bond donors (Lipinski definition) is 1. The summed E-state index contributed by atoms with van der Waals surface area (Å²) in [6.45, 7) is 9.08. The van der Waals surface area contributed by atoms with E-state index in [4.69, 9.17) is 17.1 Å². The fourth-order valence-electron chi connectivity index (χ4n) is 2.54. The minimum atomic E-state index is -1.50. The lowest BCUT2D eigenvalue weighted by Crippen LogP contribution is -2.37. The summed E-state index contributed by atoms with van der Waals surface area (Å²) in [5.41, 5.74) is 0. The Morgan fingerprint density at radius 3 is 2.48 bits per heavy atom. The fraction of sp³-hybridized carbons (Fsp3) is 0.529. The van der Waals surface area contributed by atoms with E-state index in [1.165, 1.54) is 9.80 Å². The lowest BCUT2D eigenvalue weighted by atomic mass is 10.00. The van der Waals surface area contributed by atoms with Gasteiger partial charge >= 0.3 is 0 Å². The summed E-state index contributed by atoms with van der Waals surface area (Å²) >= 11 is 6.68. The number of rotatable bonds is 4. The summed E-state index contributed by atoms with van der Waals surface area (Å²) in [6, 6.07) is 10.6. The zero-order chi connectivity index (χ0) is 15.5. The van der Waals surface area contributed by atoms with Gasteiger partial charge in [-0.25, -0.2) is 0 Å². The predicted molar refractivity (Wildman–Crippen MR) is 99.8 cm³/mol. The van der Waals surface area contributed by atoms with Gasteiger partial charge < -0.3 is 4.43 Å². The second-order valence-corrected chi connectivity index (χ2v) is 13.0. The largest absolute Gasteiger partial charge is 0.414 e. The summed E-state index contributed by atoms with van der Waals surface area (Å²) in [4.78, 5) is 2.73. The highest BCUT2D eigenvalue weighted by atomic mass is 32.2. The second kappa shape index (κ2) is 7.40. The van der Waals surface area contributed by atoms with Crippen LogP contribution in [0.15, 0.2) is 46.2 Å². The molecule has 1 aliphatic carbocycles. The average molecular weight is 339 g/mol. The molecule has 0 aliphatic heterocycles. The molecule has 0 radical (unpaired) electrons. The van der Waals surface area contributed by atoms with E-state index in [0.717, 1.165) is 12.8 Å². The lowest BCUT2D eigenvalue weighted by molar-refractivity contribution is 0.133. The summed E-state index contributed by atoms with van der Waals surface area (Å²) in [5.74, 6) is 0.467. The number of benzene rings is 1. The van der Waals surface area contributed by atoms with Gasteiger partial charge in [0.2, 0.25) is 0 Å². The zero-order valence-corrected chi connectivity index (χ0v) is 16.1. The molecule has 0 N–H and O–H groups in total. The van der Waals surface area contributed by atoms with Gasteiger partial charge in [0.25, 0.3) is 0 Å². The molecule has 3 atom stereocenters. The van der Waals surface area contributed by atoms with Crippen LogP contribution in [0.25, 0.3) is 0 Å². The summed E-state index contributed by atoms with van der Waals surface area (Å²) in [5, 5.41) is 0.278. The highest BCUT2D eigenvalue weighted by molar-refractivity contribution is 8.03. The van der Waals surface area contributed by atoms with Crippen molar-refractivity contribution in [1.29, 1.82) is 0 Å². The van der Waals surface area contributed by atoms with E-state index >= 15 is 0 Å². The molecule has 1 aromatic rings. The van der Waals surface area contributed by atoms with E-state index in [2.05, 4.69) is 63.0 Å². The third-order valence-electron chi connectivity index (χ3n) is 3.65.